The molecule has 0 amide bonds. The molecule has 5 nitrogen and oxygen atoms in total. The van der Waals surface area contributed by atoms with E-state index in [4.69, 9.17) is 24.2 Å². The van der Waals surface area contributed by atoms with Crippen molar-refractivity contribution in [2.75, 3.05) is 27.9 Å². The maximum Gasteiger partial charge on any atom is 0.203 e. The summed E-state index contributed by atoms with van der Waals surface area (Å²) in [5.41, 5.74) is 0.979. The van der Waals surface area contributed by atoms with E-state index in [1.807, 2.05) is 12.1 Å². The topological polar surface area (TPSA) is 60.7 Å². The van der Waals surface area contributed by atoms with E-state index in [2.05, 4.69) is 5.40 Å². The largest absolute Gasteiger partial charge is 0.493 e. The maximum atomic E-state index is 8.82. The normalized spacial score (nSPS) is 21.4. The van der Waals surface area contributed by atoms with Crippen LogP contribution >= 0.6 is 11.8 Å². The highest BCUT2D eigenvalue weighted by atomic mass is 32.2. The van der Waals surface area contributed by atoms with Gasteiger partial charge in [-0.2, -0.15) is 5.26 Å². The highest BCUT2D eigenvalue weighted by molar-refractivity contribution is 8.04. The number of hydrogen-bond donors (Lipinski definition) is 0. The summed E-state index contributed by atoms with van der Waals surface area (Å²) in [5, 5.41) is 11.3. The third-order valence-corrected chi connectivity index (χ3v) is 4.38. The van der Waals surface area contributed by atoms with Gasteiger partial charge in [0.15, 0.2) is 11.5 Å². The Morgan fingerprint density at radius 2 is 1.86 bits per heavy atom. The van der Waals surface area contributed by atoms with Crippen molar-refractivity contribution in [2.45, 2.75) is 24.2 Å². The van der Waals surface area contributed by atoms with Crippen molar-refractivity contribution in [1.82, 2.24) is 0 Å². The molecule has 114 valence electrons. The lowest BCUT2D eigenvalue weighted by molar-refractivity contribution is 0.0177. The fraction of sp³-hybridized carbons (Fsp3) is 0.533. The Labute approximate surface area is 129 Å². The van der Waals surface area contributed by atoms with E-state index >= 15 is 0 Å². The van der Waals surface area contributed by atoms with Crippen molar-refractivity contribution in [3.05, 3.63) is 17.7 Å². The zero-order chi connectivity index (χ0) is 15.2. The minimum absolute atomic E-state index is 0.0571. The average molecular weight is 309 g/mol. The summed E-state index contributed by atoms with van der Waals surface area (Å²) in [6.45, 7) is 0.653. The van der Waals surface area contributed by atoms with E-state index in [1.165, 1.54) is 11.8 Å². The first-order valence-electron chi connectivity index (χ1n) is 6.69. The molecule has 0 saturated carbocycles. The Bertz CT molecular complexity index is 504. The molecule has 2 rings (SSSR count). The molecule has 1 aliphatic heterocycles. The number of ether oxygens (including phenoxy) is 4. The van der Waals surface area contributed by atoms with Crippen molar-refractivity contribution in [3.8, 4) is 22.6 Å². The standard InChI is InChI=1S/C15H19NO4S/c1-17-13-6-10(7-14(18-2)15(13)19-3)12-8-11(21-9-16)4-5-20-12/h6-7,11-12H,4-5,8H2,1-3H3/t11-,12+/m0/s1. The van der Waals surface area contributed by atoms with Crippen LogP contribution in [0.25, 0.3) is 0 Å². The first-order chi connectivity index (χ1) is 10.2. The minimum atomic E-state index is -0.0571. The highest BCUT2D eigenvalue weighted by Gasteiger charge is 2.26. The third kappa shape index (κ3) is 3.55. The molecule has 0 aromatic heterocycles. The number of nitriles is 1. The van der Waals surface area contributed by atoms with Crippen LogP contribution in [0, 0.1) is 10.7 Å². The molecule has 0 bridgehead atoms. The molecule has 0 aliphatic carbocycles. The second-order valence-corrected chi connectivity index (χ2v) is 5.76. The lowest BCUT2D eigenvalue weighted by atomic mass is 10.00. The highest BCUT2D eigenvalue weighted by Crippen LogP contribution is 2.42. The molecule has 0 N–H and O–H groups in total. The number of benzene rings is 1. The summed E-state index contributed by atoms with van der Waals surface area (Å²) < 4.78 is 21.9. The molecule has 0 unspecified atom stereocenters. The first-order valence-corrected chi connectivity index (χ1v) is 7.57. The quantitative estimate of drug-likeness (QED) is 0.779. The summed E-state index contributed by atoms with van der Waals surface area (Å²) in [5.74, 6) is 1.80. The number of rotatable bonds is 5. The molecule has 1 heterocycles. The summed E-state index contributed by atoms with van der Waals surface area (Å²) in [6.07, 6.45) is 1.65. The third-order valence-electron chi connectivity index (χ3n) is 3.51. The van der Waals surface area contributed by atoms with Crippen LogP contribution in [0.2, 0.25) is 0 Å². The molecule has 1 fully saturated rings. The molecule has 6 heteroatoms. The summed E-state index contributed by atoms with van der Waals surface area (Å²) in [4.78, 5) is 0. The fourth-order valence-corrected chi connectivity index (χ4v) is 3.10. The fourth-order valence-electron chi connectivity index (χ4n) is 2.47. The molecular formula is C15H19NO4S. The van der Waals surface area contributed by atoms with E-state index in [1.54, 1.807) is 21.3 Å². The van der Waals surface area contributed by atoms with Crippen LogP contribution < -0.4 is 14.2 Å². The van der Waals surface area contributed by atoms with Gasteiger partial charge in [-0.25, -0.2) is 0 Å². The van der Waals surface area contributed by atoms with Gasteiger partial charge < -0.3 is 18.9 Å². The molecule has 21 heavy (non-hydrogen) atoms. The number of methoxy groups -OCH3 is 3. The lowest BCUT2D eigenvalue weighted by Gasteiger charge is -2.28. The van der Waals surface area contributed by atoms with Crippen LogP contribution in [-0.4, -0.2) is 33.2 Å². The molecule has 1 aromatic carbocycles. The molecular weight excluding hydrogens is 290 g/mol. The zero-order valence-electron chi connectivity index (χ0n) is 12.4. The van der Waals surface area contributed by atoms with Gasteiger partial charge in [0.1, 0.15) is 5.40 Å². The predicted octanol–water partition coefficient (Wildman–Crippen LogP) is 3.15. The Kier molecular flexibility index (Phi) is 5.59. The van der Waals surface area contributed by atoms with E-state index in [-0.39, 0.29) is 6.10 Å². The van der Waals surface area contributed by atoms with Crippen LogP contribution in [0.4, 0.5) is 0 Å². The van der Waals surface area contributed by atoms with Gasteiger partial charge in [-0.1, -0.05) is 0 Å². The van der Waals surface area contributed by atoms with Gasteiger partial charge in [0.05, 0.1) is 27.4 Å². The molecule has 2 atom stereocenters. The Morgan fingerprint density at radius 1 is 1.19 bits per heavy atom. The van der Waals surface area contributed by atoms with Gasteiger partial charge in [-0.15, -0.1) is 0 Å². The SMILES string of the molecule is COc1cc([C@H]2C[C@@H](SC#N)CCO2)cc(OC)c1OC. The Hall–Kier alpha value is -1.58. The summed E-state index contributed by atoms with van der Waals surface area (Å²) in [7, 11) is 4.77. The summed E-state index contributed by atoms with van der Waals surface area (Å²) >= 11 is 1.32. The number of nitrogens with zero attached hydrogens (tertiary/aromatic N) is 1. The molecule has 0 radical (unpaired) electrons. The van der Waals surface area contributed by atoms with Gasteiger partial charge in [0.2, 0.25) is 5.75 Å². The van der Waals surface area contributed by atoms with Gasteiger partial charge in [-0.3, -0.25) is 0 Å². The molecule has 1 aliphatic rings. The lowest BCUT2D eigenvalue weighted by Crippen LogP contribution is -2.21. The first kappa shape index (κ1) is 15.8. The van der Waals surface area contributed by atoms with Gasteiger partial charge in [-0.05, 0) is 42.3 Å². The minimum Gasteiger partial charge on any atom is -0.493 e. The predicted molar refractivity (Wildman–Crippen MR) is 81.0 cm³/mol. The van der Waals surface area contributed by atoms with E-state index < -0.39 is 0 Å². The second kappa shape index (κ2) is 7.43. The number of thiocyanates is 1. The molecule has 1 saturated heterocycles. The molecule has 1 aromatic rings. The maximum absolute atomic E-state index is 8.82. The van der Waals surface area contributed by atoms with Crippen molar-refractivity contribution >= 4 is 11.8 Å². The van der Waals surface area contributed by atoms with Crippen LogP contribution in [0.1, 0.15) is 24.5 Å². The zero-order valence-corrected chi connectivity index (χ0v) is 13.2. The van der Waals surface area contributed by atoms with E-state index in [9.17, 15) is 0 Å². The monoisotopic (exact) mass is 309 g/mol. The smallest absolute Gasteiger partial charge is 0.203 e. The number of hydrogen-bond acceptors (Lipinski definition) is 6. The van der Waals surface area contributed by atoms with Crippen molar-refractivity contribution in [1.29, 1.82) is 5.26 Å². The van der Waals surface area contributed by atoms with Crippen molar-refractivity contribution in [3.63, 3.8) is 0 Å². The van der Waals surface area contributed by atoms with E-state index in [0.29, 0.717) is 29.1 Å². The average Bonchev–Trinajstić information content (AvgIpc) is 2.54. The Morgan fingerprint density at radius 3 is 2.38 bits per heavy atom. The van der Waals surface area contributed by atoms with Gasteiger partial charge in [0.25, 0.3) is 0 Å². The van der Waals surface area contributed by atoms with Crippen LogP contribution in [0.15, 0.2) is 12.1 Å². The Balaban J connectivity index is 2.29. The van der Waals surface area contributed by atoms with Crippen LogP contribution in [0.5, 0.6) is 17.2 Å². The van der Waals surface area contributed by atoms with Crippen molar-refractivity contribution < 1.29 is 18.9 Å². The van der Waals surface area contributed by atoms with Crippen LogP contribution in [0.3, 0.4) is 0 Å². The van der Waals surface area contributed by atoms with E-state index in [0.717, 1.165) is 18.4 Å². The van der Waals surface area contributed by atoms with Crippen LogP contribution in [-0.2, 0) is 4.74 Å². The van der Waals surface area contributed by atoms with Gasteiger partial charge >= 0.3 is 0 Å². The second-order valence-electron chi connectivity index (χ2n) is 4.67. The number of thioether (sulfide) groups is 1. The van der Waals surface area contributed by atoms with Gasteiger partial charge in [0, 0.05) is 11.9 Å². The summed E-state index contributed by atoms with van der Waals surface area (Å²) in [6, 6.07) is 3.82. The molecule has 0 spiro atoms. The van der Waals surface area contributed by atoms with Crippen molar-refractivity contribution in [2.24, 2.45) is 0 Å².